The van der Waals surface area contributed by atoms with Crippen LogP contribution >= 0.6 is 23.8 Å². The molecule has 33 heavy (non-hydrogen) atoms. The van der Waals surface area contributed by atoms with Crippen molar-refractivity contribution in [1.29, 1.82) is 0 Å². The quantitative estimate of drug-likeness (QED) is 0.258. The van der Waals surface area contributed by atoms with Gasteiger partial charge in [0.05, 0.1) is 5.69 Å². The molecule has 0 atom stereocenters. The molecule has 0 aliphatic carbocycles. The molecule has 0 spiro atoms. The maximum Gasteiger partial charge on any atom is 0.264 e. The third kappa shape index (κ3) is 5.30. The zero-order valence-corrected chi connectivity index (χ0v) is 19.3. The fourth-order valence-corrected chi connectivity index (χ4v) is 4.15. The highest BCUT2D eigenvalue weighted by Gasteiger charge is 2.15. The van der Waals surface area contributed by atoms with Gasteiger partial charge in [0.1, 0.15) is 5.56 Å². The first-order valence-corrected chi connectivity index (χ1v) is 11.3. The van der Waals surface area contributed by atoms with Crippen LogP contribution in [0.25, 0.3) is 5.69 Å². The molecule has 5 nitrogen and oxygen atoms in total. The van der Waals surface area contributed by atoms with Gasteiger partial charge < -0.3 is 5.11 Å². The summed E-state index contributed by atoms with van der Waals surface area (Å²) in [5.41, 5.74) is 2.55. The highest BCUT2D eigenvalue weighted by Crippen LogP contribution is 2.28. The van der Waals surface area contributed by atoms with E-state index in [1.807, 2.05) is 36.4 Å². The van der Waals surface area contributed by atoms with Crippen LogP contribution in [0, 0.1) is 4.77 Å². The SMILES string of the molecule is O=c1[nH]c(=S)n(-c2ccc(Cl)cc2)c(O)c1C=NCCC(c1ccccc1)c1ccccc1. The molecule has 4 rings (SSSR count). The molecule has 0 amide bonds. The first kappa shape index (κ1) is 22.7. The summed E-state index contributed by atoms with van der Waals surface area (Å²) >= 11 is 11.2. The van der Waals surface area contributed by atoms with Crippen LogP contribution in [0.2, 0.25) is 5.02 Å². The fraction of sp³-hybridized carbons (Fsp3) is 0.115. The first-order valence-electron chi connectivity index (χ1n) is 10.5. The monoisotopic (exact) mass is 475 g/mol. The van der Waals surface area contributed by atoms with E-state index in [1.165, 1.54) is 21.9 Å². The summed E-state index contributed by atoms with van der Waals surface area (Å²) in [4.78, 5) is 19.5. The minimum atomic E-state index is -0.492. The van der Waals surface area contributed by atoms with E-state index < -0.39 is 5.56 Å². The summed E-state index contributed by atoms with van der Waals surface area (Å²) < 4.78 is 1.47. The lowest BCUT2D eigenvalue weighted by atomic mass is 9.89. The van der Waals surface area contributed by atoms with Gasteiger partial charge in [0.2, 0.25) is 5.88 Å². The minimum absolute atomic E-state index is 0.0505. The van der Waals surface area contributed by atoms with Crippen LogP contribution in [0.15, 0.2) is 94.7 Å². The standard InChI is InChI=1S/C26H22ClN3O2S/c27-20-11-13-21(14-12-20)30-25(32)23(24(31)29-26(30)33)17-28-16-15-22(18-7-3-1-4-8-18)19-9-5-2-6-10-19/h1-14,17,22,32H,15-16H2,(H,29,31,33). The third-order valence-electron chi connectivity index (χ3n) is 5.38. The van der Waals surface area contributed by atoms with E-state index in [1.54, 1.807) is 24.3 Å². The first-order chi connectivity index (χ1) is 16.0. The number of aromatic hydroxyl groups is 1. The fourth-order valence-electron chi connectivity index (χ4n) is 3.74. The summed E-state index contributed by atoms with van der Waals surface area (Å²) in [6, 6.07) is 27.3. The van der Waals surface area contributed by atoms with E-state index in [0.717, 1.165) is 6.42 Å². The molecular formula is C26H22ClN3O2S. The number of halogens is 1. The predicted molar refractivity (Wildman–Crippen MR) is 136 cm³/mol. The molecule has 0 aliphatic heterocycles. The summed E-state index contributed by atoms with van der Waals surface area (Å²) in [5.74, 6) is -0.0945. The van der Waals surface area contributed by atoms with E-state index in [4.69, 9.17) is 23.8 Å². The molecule has 4 aromatic rings. The topological polar surface area (TPSA) is 70.4 Å². The van der Waals surface area contributed by atoms with Crippen molar-refractivity contribution in [3.8, 4) is 11.6 Å². The molecule has 0 aliphatic rings. The van der Waals surface area contributed by atoms with Crippen LogP contribution in [-0.2, 0) is 0 Å². The van der Waals surface area contributed by atoms with Crippen molar-refractivity contribution in [1.82, 2.24) is 9.55 Å². The molecule has 0 radical (unpaired) electrons. The second-order valence-corrected chi connectivity index (χ2v) is 8.33. The Hall–Kier alpha value is -3.48. The van der Waals surface area contributed by atoms with Gasteiger partial charge in [0, 0.05) is 23.7 Å². The van der Waals surface area contributed by atoms with Crippen LogP contribution in [0.1, 0.15) is 29.0 Å². The Labute approximate surface area is 201 Å². The number of nitrogens with one attached hydrogen (secondary N) is 1. The lowest BCUT2D eigenvalue weighted by Gasteiger charge is -2.17. The van der Waals surface area contributed by atoms with Crippen LogP contribution in [0.3, 0.4) is 0 Å². The Morgan fingerprint density at radius 1 is 0.970 bits per heavy atom. The zero-order chi connectivity index (χ0) is 23.2. The lowest BCUT2D eigenvalue weighted by molar-refractivity contribution is 0.432. The largest absolute Gasteiger partial charge is 0.494 e. The van der Waals surface area contributed by atoms with Crippen molar-refractivity contribution >= 4 is 30.0 Å². The number of hydrogen-bond donors (Lipinski definition) is 2. The van der Waals surface area contributed by atoms with Crippen LogP contribution in [-0.4, -0.2) is 27.4 Å². The Morgan fingerprint density at radius 2 is 1.55 bits per heavy atom. The van der Waals surface area contributed by atoms with Gasteiger partial charge in [-0.05, 0) is 54.0 Å². The van der Waals surface area contributed by atoms with E-state index in [2.05, 4.69) is 34.2 Å². The van der Waals surface area contributed by atoms with Gasteiger partial charge in [-0.1, -0.05) is 72.3 Å². The molecule has 0 bridgehead atoms. The predicted octanol–water partition coefficient (Wildman–Crippen LogP) is 5.90. The molecule has 0 fully saturated rings. The molecule has 3 aromatic carbocycles. The number of H-pyrrole nitrogens is 1. The van der Waals surface area contributed by atoms with Gasteiger partial charge in [-0.3, -0.25) is 19.3 Å². The number of benzene rings is 3. The number of aromatic nitrogens is 2. The van der Waals surface area contributed by atoms with Crippen molar-refractivity contribution < 1.29 is 5.11 Å². The van der Waals surface area contributed by atoms with Crippen LogP contribution in [0.4, 0.5) is 0 Å². The van der Waals surface area contributed by atoms with Crippen molar-refractivity contribution in [2.45, 2.75) is 12.3 Å². The van der Waals surface area contributed by atoms with Gasteiger partial charge in [0.25, 0.3) is 5.56 Å². The maximum absolute atomic E-state index is 12.5. The van der Waals surface area contributed by atoms with Crippen molar-refractivity contribution in [3.05, 3.63) is 122 Å². The molecule has 166 valence electrons. The van der Waals surface area contributed by atoms with Crippen LogP contribution < -0.4 is 5.56 Å². The normalized spacial score (nSPS) is 11.3. The Balaban J connectivity index is 1.59. The van der Waals surface area contributed by atoms with Gasteiger partial charge in [-0.2, -0.15) is 0 Å². The highest BCUT2D eigenvalue weighted by atomic mass is 35.5. The number of rotatable bonds is 7. The smallest absolute Gasteiger partial charge is 0.264 e. The number of aromatic amines is 1. The van der Waals surface area contributed by atoms with Gasteiger partial charge in [-0.15, -0.1) is 0 Å². The van der Waals surface area contributed by atoms with Gasteiger partial charge >= 0.3 is 0 Å². The molecule has 0 unspecified atom stereocenters. The van der Waals surface area contributed by atoms with Crippen LogP contribution in [0.5, 0.6) is 5.88 Å². The Morgan fingerprint density at radius 3 is 2.12 bits per heavy atom. The third-order valence-corrected chi connectivity index (χ3v) is 5.91. The number of nitrogens with zero attached hydrogens (tertiary/aromatic N) is 2. The molecule has 0 saturated heterocycles. The summed E-state index contributed by atoms with van der Waals surface area (Å²) in [7, 11) is 0. The number of hydrogen-bond acceptors (Lipinski definition) is 4. The van der Waals surface area contributed by atoms with E-state index >= 15 is 0 Å². The zero-order valence-electron chi connectivity index (χ0n) is 17.7. The Kier molecular flexibility index (Phi) is 7.17. The molecule has 0 saturated carbocycles. The van der Waals surface area contributed by atoms with Crippen molar-refractivity contribution in [3.63, 3.8) is 0 Å². The summed E-state index contributed by atoms with van der Waals surface area (Å²) in [5, 5.41) is 11.3. The average Bonchev–Trinajstić information content (AvgIpc) is 2.83. The Bertz CT molecular complexity index is 1330. The molecule has 1 aromatic heterocycles. The van der Waals surface area contributed by atoms with Crippen molar-refractivity contribution in [2.75, 3.05) is 6.54 Å². The molecule has 1 heterocycles. The number of aliphatic imine (C=N–C) groups is 1. The highest BCUT2D eigenvalue weighted by molar-refractivity contribution is 7.71. The van der Waals surface area contributed by atoms with E-state index in [-0.39, 0.29) is 22.1 Å². The van der Waals surface area contributed by atoms with E-state index in [9.17, 15) is 9.90 Å². The molecule has 7 heteroatoms. The summed E-state index contributed by atoms with van der Waals surface area (Å²) in [6.45, 7) is 0.476. The second-order valence-electron chi connectivity index (χ2n) is 7.51. The minimum Gasteiger partial charge on any atom is -0.494 e. The average molecular weight is 476 g/mol. The maximum atomic E-state index is 12.5. The molecular weight excluding hydrogens is 454 g/mol. The van der Waals surface area contributed by atoms with Crippen molar-refractivity contribution in [2.24, 2.45) is 4.99 Å². The second kappa shape index (κ2) is 10.4. The van der Waals surface area contributed by atoms with E-state index in [0.29, 0.717) is 17.3 Å². The summed E-state index contributed by atoms with van der Waals surface area (Å²) in [6.07, 6.45) is 2.15. The molecule has 2 N–H and O–H groups in total. The lowest BCUT2D eigenvalue weighted by Crippen LogP contribution is -2.18. The van der Waals surface area contributed by atoms with Gasteiger partial charge in [0.15, 0.2) is 4.77 Å². The van der Waals surface area contributed by atoms with Gasteiger partial charge in [-0.25, -0.2) is 0 Å².